The SMILES string of the molecule is CC.COc1cc(C(=O)Nc2ccc(C)cc2-c2cn3ccsc3n2)cc(OC)c1OC. The zero-order valence-corrected chi connectivity index (χ0v) is 19.9. The van der Waals surface area contributed by atoms with Gasteiger partial charge in [-0.1, -0.05) is 25.5 Å². The number of methoxy groups -OCH3 is 3. The Bertz CT molecular complexity index is 1180. The summed E-state index contributed by atoms with van der Waals surface area (Å²) < 4.78 is 18.0. The quantitative estimate of drug-likeness (QED) is 0.407. The first-order valence-electron chi connectivity index (χ1n) is 10.2. The van der Waals surface area contributed by atoms with Gasteiger partial charge in [0.1, 0.15) is 0 Å². The molecule has 4 rings (SSSR count). The highest BCUT2D eigenvalue weighted by atomic mass is 32.1. The van der Waals surface area contributed by atoms with Gasteiger partial charge in [-0.3, -0.25) is 9.20 Å². The van der Waals surface area contributed by atoms with Crippen LogP contribution in [-0.2, 0) is 0 Å². The second-order valence-electron chi connectivity index (χ2n) is 6.64. The highest BCUT2D eigenvalue weighted by molar-refractivity contribution is 7.15. The van der Waals surface area contributed by atoms with E-state index in [2.05, 4.69) is 10.3 Å². The number of anilines is 1. The fraction of sp³-hybridized carbons (Fsp3) is 0.250. The van der Waals surface area contributed by atoms with Crippen LogP contribution in [-0.4, -0.2) is 36.6 Å². The lowest BCUT2D eigenvalue weighted by Crippen LogP contribution is -2.13. The van der Waals surface area contributed by atoms with Crippen LogP contribution in [0.25, 0.3) is 16.2 Å². The van der Waals surface area contributed by atoms with Gasteiger partial charge in [-0.05, 0) is 31.2 Å². The average Bonchev–Trinajstić information content (AvgIpc) is 3.43. The summed E-state index contributed by atoms with van der Waals surface area (Å²) >= 11 is 1.56. The number of rotatable bonds is 6. The number of amides is 1. The van der Waals surface area contributed by atoms with E-state index in [1.807, 2.05) is 61.1 Å². The molecule has 8 heteroatoms. The van der Waals surface area contributed by atoms with Gasteiger partial charge in [0.05, 0.1) is 32.7 Å². The predicted molar refractivity (Wildman–Crippen MR) is 129 cm³/mol. The minimum atomic E-state index is -0.291. The van der Waals surface area contributed by atoms with Crippen molar-refractivity contribution in [2.45, 2.75) is 20.8 Å². The van der Waals surface area contributed by atoms with Crippen LogP contribution in [0.4, 0.5) is 5.69 Å². The number of hydrogen-bond acceptors (Lipinski definition) is 6. The molecule has 0 saturated carbocycles. The number of imidazole rings is 1. The molecule has 0 saturated heterocycles. The van der Waals surface area contributed by atoms with Crippen molar-refractivity contribution in [1.82, 2.24) is 9.38 Å². The van der Waals surface area contributed by atoms with E-state index in [1.165, 1.54) is 21.3 Å². The van der Waals surface area contributed by atoms with Crippen LogP contribution in [0.3, 0.4) is 0 Å². The van der Waals surface area contributed by atoms with E-state index in [0.717, 1.165) is 21.8 Å². The first-order chi connectivity index (χ1) is 15.5. The molecule has 0 atom stereocenters. The van der Waals surface area contributed by atoms with Crippen LogP contribution in [0.15, 0.2) is 48.1 Å². The smallest absolute Gasteiger partial charge is 0.255 e. The van der Waals surface area contributed by atoms with Gasteiger partial charge in [0.15, 0.2) is 16.5 Å². The van der Waals surface area contributed by atoms with Crippen molar-refractivity contribution in [1.29, 1.82) is 0 Å². The molecule has 1 N–H and O–H groups in total. The molecule has 0 unspecified atom stereocenters. The first-order valence-corrected chi connectivity index (χ1v) is 11.1. The number of carbonyl (C=O) groups excluding carboxylic acids is 1. The summed E-state index contributed by atoms with van der Waals surface area (Å²) in [6.45, 7) is 6.01. The summed E-state index contributed by atoms with van der Waals surface area (Å²) in [5, 5.41) is 4.97. The van der Waals surface area contributed by atoms with Crippen molar-refractivity contribution >= 4 is 27.9 Å². The summed E-state index contributed by atoms with van der Waals surface area (Å²) in [6, 6.07) is 9.09. The van der Waals surface area contributed by atoms with Gasteiger partial charge in [0.2, 0.25) is 5.75 Å². The summed E-state index contributed by atoms with van der Waals surface area (Å²) in [5.41, 5.74) is 3.79. The van der Waals surface area contributed by atoms with E-state index >= 15 is 0 Å². The van der Waals surface area contributed by atoms with Gasteiger partial charge in [-0.25, -0.2) is 4.98 Å². The number of ether oxygens (including phenoxy) is 3. The fourth-order valence-corrected chi connectivity index (χ4v) is 3.94. The molecular formula is C24H27N3O4S. The predicted octanol–water partition coefficient (Wildman–Crippen LogP) is 5.68. The largest absolute Gasteiger partial charge is 0.493 e. The summed E-state index contributed by atoms with van der Waals surface area (Å²) in [7, 11) is 4.55. The van der Waals surface area contributed by atoms with Crippen LogP contribution < -0.4 is 19.5 Å². The standard InChI is InChI=1S/C22H21N3O4S.C2H6/c1-13-5-6-16(15(9-13)17-12-25-7-8-30-22(25)24-17)23-21(26)14-10-18(27-2)20(29-4)19(11-14)28-3;1-2/h5-12H,1-4H3,(H,23,26);1-2H3. The number of fused-ring (bicyclic) bond motifs is 1. The average molecular weight is 454 g/mol. The van der Waals surface area contributed by atoms with Gasteiger partial charge in [0.25, 0.3) is 5.91 Å². The molecule has 0 aliphatic carbocycles. The number of aryl methyl sites for hydroxylation is 1. The third-order valence-corrected chi connectivity index (χ3v) is 5.49. The van der Waals surface area contributed by atoms with E-state index in [9.17, 15) is 4.79 Å². The van der Waals surface area contributed by atoms with Gasteiger partial charge < -0.3 is 19.5 Å². The summed E-state index contributed by atoms with van der Waals surface area (Å²) in [6.07, 6.45) is 3.91. The lowest BCUT2D eigenvalue weighted by molar-refractivity contribution is 0.102. The first kappa shape index (κ1) is 23.1. The maximum Gasteiger partial charge on any atom is 0.255 e. The molecule has 0 aliphatic rings. The number of carbonyl (C=O) groups is 1. The molecule has 168 valence electrons. The molecular weight excluding hydrogens is 426 g/mol. The van der Waals surface area contributed by atoms with Crippen LogP contribution >= 0.6 is 11.3 Å². The van der Waals surface area contributed by atoms with Crippen molar-refractivity contribution in [2.24, 2.45) is 0 Å². The van der Waals surface area contributed by atoms with Crippen LogP contribution in [0.2, 0.25) is 0 Å². The monoisotopic (exact) mass is 453 g/mol. The molecule has 2 aromatic carbocycles. The molecule has 0 bridgehead atoms. The zero-order chi connectivity index (χ0) is 23.3. The molecule has 7 nitrogen and oxygen atoms in total. The van der Waals surface area contributed by atoms with Crippen molar-refractivity contribution < 1.29 is 19.0 Å². The Balaban J connectivity index is 0.00000141. The third-order valence-electron chi connectivity index (χ3n) is 4.72. The van der Waals surface area contributed by atoms with Crippen molar-refractivity contribution in [3.05, 3.63) is 59.2 Å². The van der Waals surface area contributed by atoms with Gasteiger partial charge >= 0.3 is 0 Å². The van der Waals surface area contributed by atoms with Crippen LogP contribution in [0.5, 0.6) is 17.2 Å². The zero-order valence-electron chi connectivity index (χ0n) is 19.1. The molecule has 2 heterocycles. The minimum absolute atomic E-state index is 0.291. The second-order valence-corrected chi connectivity index (χ2v) is 7.51. The second kappa shape index (κ2) is 10.2. The number of nitrogens with one attached hydrogen (secondary N) is 1. The highest BCUT2D eigenvalue weighted by Crippen LogP contribution is 2.38. The van der Waals surface area contributed by atoms with E-state index in [0.29, 0.717) is 28.5 Å². The topological polar surface area (TPSA) is 74.1 Å². The Morgan fingerprint density at radius 3 is 2.31 bits per heavy atom. The van der Waals surface area contributed by atoms with Crippen molar-refractivity contribution in [2.75, 3.05) is 26.6 Å². The highest BCUT2D eigenvalue weighted by Gasteiger charge is 2.19. The van der Waals surface area contributed by atoms with Crippen molar-refractivity contribution in [3.8, 4) is 28.5 Å². The minimum Gasteiger partial charge on any atom is -0.493 e. The van der Waals surface area contributed by atoms with E-state index in [1.54, 1.807) is 23.5 Å². The molecule has 32 heavy (non-hydrogen) atoms. The molecule has 0 radical (unpaired) electrons. The number of aromatic nitrogens is 2. The maximum absolute atomic E-state index is 13.1. The Morgan fingerprint density at radius 1 is 1.03 bits per heavy atom. The Kier molecular flexibility index (Phi) is 7.37. The Labute approximate surface area is 191 Å². The number of thiazole rings is 1. The Hall–Kier alpha value is -3.52. The maximum atomic E-state index is 13.1. The lowest BCUT2D eigenvalue weighted by Gasteiger charge is -2.15. The summed E-state index contributed by atoms with van der Waals surface area (Å²) in [5.74, 6) is 0.979. The Morgan fingerprint density at radius 2 is 1.72 bits per heavy atom. The molecule has 0 spiro atoms. The fourth-order valence-electron chi connectivity index (χ4n) is 3.24. The molecule has 1 amide bonds. The molecule has 0 aliphatic heterocycles. The third kappa shape index (κ3) is 4.55. The molecule has 0 fully saturated rings. The van der Waals surface area contributed by atoms with E-state index in [-0.39, 0.29) is 5.91 Å². The summed E-state index contributed by atoms with van der Waals surface area (Å²) in [4.78, 5) is 18.6. The number of nitrogens with zero attached hydrogens (tertiary/aromatic N) is 2. The lowest BCUT2D eigenvalue weighted by atomic mass is 10.1. The number of benzene rings is 2. The van der Waals surface area contributed by atoms with Gasteiger partial charge in [-0.15, -0.1) is 11.3 Å². The van der Waals surface area contributed by atoms with Crippen LogP contribution in [0, 0.1) is 6.92 Å². The van der Waals surface area contributed by atoms with E-state index < -0.39 is 0 Å². The van der Waals surface area contributed by atoms with E-state index in [4.69, 9.17) is 14.2 Å². The van der Waals surface area contributed by atoms with Gasteiger partial charge in [-0.2, -0.15) is 0 Å². The normalized spacial score (nSPS) is 10.3. The van der Waals surface area contributed by atoms with Crippen LogP contribution in [0.1, 0.15) is 29.8 Å². The molecule has 4 aromatic rings. The molecule has 2 aromatic heterocycles. The number of hydrogen-bond donors (Lipinski definition) is 1. The van der Waals surface area contributed by atoms with Crippen molar-refractivity contribution in [3.63, 3.8) is 0 Å². The van der Waals surface area contributed by atoms with Gasteiger partial charge in [0, 0.05) is 28.9 Å².